The number of nitrogens with zero attached hydrogens (tertiary/aromatic N) is 1. The van der Waals surface area contributed by atoms with Gasteiger partial charge in [0.2, 0.25) is 0 Å². The molecule has 0 aliphatic carbocycles. The summed E-state index contributed by atoms with van der Waals surface area (Å²) in [6.07, 6.45) is 1.02. The van der Waals surface area contributed by atoms with Crippen LogP contribution in [0.1, 0.15) is 27.2 Å². The van der Waals surface area contributed by atoms with Crippen LogP contribution in [0.3, 0.4) is 0 Å². The molecule has 0 aliphatic heterocycles. The minimum atomic E-state index is -0.735. The summed E-state index contributed by atoms with van der Waals surface area (Å²) in [6, 6.07) is 0.405. The molecule has 0 amide bonds. The lowest BCUT2D eigenvalue weighted by molar-refractivity contribution is -0.142. The first-order valence-corrected chi connectivity index (χ1v) is 5.48. The van der Waals surface area contributed by atoms with Crippen molar-refractivity contribution in [3.8, 4) is 0 Å². The van der Waals surface area contributed by atoms with E-state index in [0.717, 1.165) is 13.0 Å². The highest BCUT2D eigenvalue weighted by molar-refractivity contribution is 5.69. The molecule has 0 radical (unpaired) electrons. The zero-order chi connectivity index (χ0) is 11.8. The molecule has 0 saturated heterocycles. The Labute approximate surface area is 92.2 Å². The van der Waals surface area contributed by atoms with Gasteiger partial charge in [0.1, 0.15) is 0 Å². The first-order valence-electron chi connectivity index (χ1n) is 5.48. The van der Waals surface area contributed by atoms with Gasteiger partial charge in [0.05, 0.1) is 12.5 Å². The van der Waals surface area contributed by atoms with Gasteiger partial charge in [0, 0.05) is 26.2 Å². The van der Waals surface area contributed by atoms with E-state index >= 15 is 0 Å². The van der Waals surface area contributed by atoms with Crippen LogP contribution >= 0.6 is 0 Å². The first kappa shape index (κ1) is 14.4. The Morgan fingerprint density at radius 3 is 2.47 bits per heavy atom. The molecule has 0 saturated carbocycles. The summed E-state index contributed by atoms with van der Waals surface area (Å²) >= 11 is 0. The largest absolute Gasteiger partial charge is 0.481 e. The number of ether oxygens (including phenoxy) is 1. The summed E-state index contributed by atoms with van der Waals surface area (Å²) in [4.78, 5) is 12.9. The Morgan fingerprint density at radius 1 is 1.47 bits per heavy atom. The molecule has 0 aliphatic rings. The highest BCUT2D eigenvalue weighted by atomic mass is 16.5. The second-order valence-corrected chi connectivity index (χ2v) is 3.98. The zero-order valence-corrected chi connectivity index (χ0v) is 10.2. The van der Waals surface area contributed by atoms with Crippen LogP contribution in [0, 0.1) is 5.92 Å². The van der Waals surface area contributed by atoms with E-state index in [4.69, 9.17) is 9.84 Å². The number of hydrogen-bond donors (Lipinski definition) is 1. The van der Waals surface area contributed by atoms with E-state index in [2.05, 4.69) is 18.7 Å². The van der Waals surface area contributed by atoms with Crippen molar-refractivity contribution >= 4 is 5.97 Å². The molecule has 0 rings (SSSR count). The van der Waals surface area contributed by atoms with Gasteiger partial charge in [-0.15, -0.1) is 0 Å². The molecule has 0 bridgehead atoms. The van der Waals surface area contributed by atoms with Gasteiger partial charge in [-0.25, -0.2) is 0 Å². The number of carbonyl (C=O) groups is 1. The van der Waals surface area contributed by atoms with E-state index in [1.807, 2.05) is 0 Å². The number of hydrogen-bond acceptors (Lipinski definition) is 3. The van der Waals surface area contributed by atoms with Crippen LogP contribution in [0.2, 0.25) is 0 Å². The summed E-state index contributed by atoms with van der Waals surface area (Å²) in [6.45, 7) is 8.00. The van der Waals surface area contributed by atoms with E-state index < -0.39 is 5.97 Å². The zero-order valence-electron chi connectivity index (χ0n) is 10.2. The van der Waals surface area contributed by atoms with Gasteiger partial charge >= 0.3 is 5.97 Å². The molecule has 0 heterocycles. The molecule has 0 aromatic rings. The molecular weight excluding hydrogens is 194 g/mol. The monoisotopic (exact) mass is 217 g/mol. The van der Waals surface area contributed by atoms with E-state index in [1.165, 1.54) is 0 Å². The number of aliphatic carboxylic acids is 1. The second-order valence-electron chi connectivity index (χ2n) is 3.98. The van der Waals surface area contributed by atoms with Crippen molar-refractivity contribution in [1.82, 2.24) is 4.90 Å². The van der Waals surface area contributed by atoms with Crippen LogP contribution in [-0.2, 0) is 9.53 Å². The lowest BCUT2D eigenvalue weighted by atomic mass is 10.1. The van der Waals surface area contributed by atoms with Gasteiger partial charge < -0.3 is 9.84 Å². The number of carboxylic acid groups (broad SMARTS) is 1. The summed E-state index contributed by atoms with van der Waals surface area (Å²) < 4.78 is 5.02. The van der Waals surface area contributed by atoms with Gasteiger partial charge in [-0.1, -0.05) is 13.8 Å². The molecule has 2 atom stereocenters. The molecule has 0 aromatic heterocycles. The molecule has 0 spiro atoms. The summed E-state index contributed by atoms with van der Waals surface area (Å²) in [7, 11) is 1.66. The van der Waals surface area contributed by atoms with E-state index in [1.54, 1.807) is 14.0 Å². The lowest BCUT2D eigenvalue weighted by Crippen LogP contribution is -2.40. The van der Waals surface area contributed by atoms with Crippen molar-refractivity contribution in [2.45, 2.75) is 33.2 Å². The third-order valence-corrected chi connectivity index (χ3v) is 2.73. The first-order chi connectivity index (χ1) is 7.02. The highest BCUT2D eigenvalue weighted by Gasteiger charge is 2.19. The Hall–Kier alpha value is -0.610. The third kappa shape index (κ3) is 5.74. The van der Waals surface area contributed by atoms with Crippen LogP contribution in [0.15, 0.2) is 0 Å². The predicted octanol–water partition coefficient (Wildman–Crippen LogP) is 1.45. The molecule has 2 unspecified atom stereocenters. The van der Waals surface area contributed by atoms with E-state index in [0.29, 0.717) is 19.2 Å². The predicted molar refractivity (Wildman–Crippen MR) is 60.0 cm³/mol. The average molecular weight is 217 g/mol. The fourth-order valence-electron chi connectivity index (χ4n) is 1.39. The molecule has 4 heteroatoms. The van der Waals surface area contributed by atoms with Crippen LogP contribution < -0.4 is 0 Å². The van der Waals surface area contributed by atoms with Crippen LogP contribution in [0.4, 0.5) is 0 Å². The van der Waals surface area contributed by atoms with Crippen LogP contribution in [-0.4, -0.2) is 48.8 Å². The fourth-order valence-corrected chi connectivity index (χ4v) is 1.39. The number of carboxylic acids is 1. The topological polar surface area (TPSA) is 49.8 Å². The van der Waals surface area contributed by atoms with Crippen molar-refractivity contribution < 1.29 is 14.6 Å². The van der Waals surface area contributed by atoms with Gasteiger partial charge in [0.15, 0.2) is 0 Å². The van der Waals surface area contributed by atoms with Crippen molar-refractivity contribution in [3.63, 3.8) is 0 Å². The van der Waals surface area contributed by atoms with Gasteiger partial charge in [0.25, 0.3) is 0 Å². The lowest BCUT2D eigenvalue weighted by Gasteiger charge is -2.29. The minimum absolute atomic E-state index is 0.323. The van der Waals surface area contributed by atoms with E-state index in [9.17, 15) is 4.79 Å². The van der Waals surface area contributed by atoms with Gasteiger partial charge in [-0.2, -0.15) is 0 Å². The molecule has 1 N–H and O–H groups in total. The average Bonchev–Trinajstić information content (AvgIpc) is 2.22. The Balaban J connectivity index is 4.16. The molecule has 0 aromatic carbocycles. The van der Waals surface area contributed by atoms with Gasteiger partial charge in [-0.3, -0.25) is 9.69 Å². The standard InChI is InChI=1S/C11H23NO3/c1-5-10(3)12(6-7-15-4)8-9(2)11(13)14/h9-10H,5-8H2,1-4H3,(H,13,14). The number of methoxy groups -OCH3 is 1. The molecular formula is C11H23NO3. The van der Waals surface area contributed by atoms with E-state index in [-0.39, 0.29) is 5.92 Å². The summed E-state index contributed by atoms with van der Waals surface area (Å²) in [5, 5.41) is 8.85. The van der Waals surface area contributed by atoms with Crippen LogP contribution in [0.5, 0.6) is 0 Å². The quantitative estimate of drug-likeness (QED) is 0.668. The molecule has 15 heavy (non-hydrogen) atoms. The van der Waals surface area contributed by atoms with Crippen molar-refractivity contribution in [1.29, 1.82) is 0 Å². The van der Waals surface area contributed by atoms with Crippen molar-refractivity contribution in [2.75, 3.05) is 26.8 Å². The molecule has 4 nitrogen and oxygen atoms in total. The second kappa shape index (κ2) is 7.65. The third-order valence-electron chi connectivity index (χ3n) is 2.73. The maximum absolute atomic E-state index is 10.8. The maximum Gasteiger partial charge on any atom is 0.307 e. The van der Waals surface area contributed by atoms with Crippen LogP contribution in [0.25, 0.3) is 0 Å². The van der Waals surface area contributed by atoms with Crippen molar-refractivity contribution in [2.24, 2.45) is 5.92 Å². The Morgan fingerprint density at radius 2 is 2.07 bits per heavy atom. The summed E-state index contributed by atoms with van der Waals surface area (Å²) in [5.41, 5.74) is 0. The van der Waals surface area contributed by atoms with Crippen molar-refractivity contribution in [3.05, 3.63) is 0 Å². The highest BCUT2D eigenvalue weighted by Crippen LogP contribution is 2.07. The minimum Gasteiger partial charge on any atom is -0.481 e. The molecule has 0 fully saturated rings. The summed E-state index contributed by atoms with van der Waals surface area (Å²) in [5.74, 6) is -1.06. The fraction of sp³-hybridized carbons (Fsp3) is 0.909. The molecule has 90 valence electrons. The normalized spacial score (nSPS) is 15.3. The smallest absolute Gasteiger partial charge is 0.307 e. The SMILES string of the molecule is CCC(C)N(CCOC)CC(C)C(=O)O. The number of rotatable bonds is 8. The maximum atomic E-state index is 10.8. The Bertz CT molecular complexity index is 185. The van der Waals surface area contributed by atoms with Gasteiger partial charge in [-0.05, 0) is 13.3 Å². The Kier molecular flexibility index (Phi) is 7.34.